The predicted octanol–water partition coefficient (Wildman–Crippen LogP) is 3.23. The summed E-state index contributed by atoms with van der Waals surface area (Å²) >= 11 is 7.81. The molecule has 5 nitrogen and oxygen atoms in total. The molecule has 1 N–H and O–H groups in total. The monoisotopic (exact) mass is 453 g/mol. The van der Waals surface area contributed by atoms with Gasteiger partial charge in [-0.25, -0.2) is 8.42 Å². The first-order chi connectivity index (χ1) is 9.48. The van der Waals surface area contributed by atoms with Gasteiger partial charge in [0.05, 0.1) is 22.2 Å². The average Bonchev–Trinajstić information content (AvgIpc) is 2.58. The smallest absolute Gasteiger partial charge is 0.266 e. The van der Waals surface area contributed by atoms with Crippen LogP contribution in [0.5, 0.6) is 0 Å². The molecule has 0 aliphatic carbocycles. The normalized spacial score (nSPS) is 12.9. The lowest BCUT2D eigenvalue weighted by Gasteiger charge is -2.08. The number of hydrogen-bond acceptors (Lipinski definition) is 3. The summed E-state index contributed by atoms with van der Waals surface area (Å²) in [6, 6.07) is 3.00. The van der Waals surface area contributed by atoms with Gasteiger partial charge in [-0.2, -0.15) is 18.3 Å². The molecule has 0 radical (unpaired) electrons. The number of anilines is 1. The Morgan fingerprint density at radius 3 is 2.57 bits per heavy atom. The van der Waals surface area contributed by atoms with Crippen LogP contribution in [0, 0.1) is 3.57 Å². The molecule has 2 rings (SSSR count). The van der Waals surface area contributed by atoms with E-state index in [1.54, 1.807) is 0 Å². The molecule has 21 heavy (non-hydrogen) atoms. The molecular formula is C10H8ClF3IN3O2S. The Bertz CT molecular complexity index is 804. The van der Waals surface area contributed by atoms with Crippen molar-refractivity contribution in [2.75, 3.05) is 11.0 Å². The molecule has 0 unspecified atom stereocenters. The molecular weight excluding hydrogens is 446 g/mol. The molecule has 1 heterocycles. The quantitative estimate of drug-likeness (QED) is 0.726. The number of hydrogen-bond donors (Lipinski definition) is 1. The molecule has 1 aromatic carbocycles. The number of rotatable bonds is 3. The standard InChI is InChI=1S/C10H8ClF3IN3O2S/c1-21(19,20)17-9-7-5(11)2-3-6(15)8(7)18(16-9)4-10(12,13)14/h2-3H,4H2,1H3,(H,16,17). The minimum absolute atomic E-state index is 0.116. The van der Waals surface area contributed by atoms with E-state index < -0.39 is 22.7 Å². The van der Waals surface area contributed by atoms with E-state index in [0.717, 1.165) is 6.26 Å². The minimum atomic E-state index is -4.49. The number of sulfonamides is 1. The summed E-state index contributed by atoms with van der Waals surface area (Å²) in [7, 11) is -3.70. The summed E-state index contributed by atoms with van der Waals surface area (Å²) in [4.78, 5) is 0. The fourth-order valence-corrected chi connectivity index (χ4v) is 3.23. The van der Waals surface area contributed by atoms with Crippen LogP contribution in [0.3, 0.4) is 0 Å². The molecule has 0 aliphatic rings. The van der Waals surface area contributed by atoms with E-state index in [1.807, 2.05) is 22.6 Å². The van der Waals surface area contributed by atoms with Crippen LogP contribution in [-0.4, -0.2) is 30.6 Å². The Kier molecular flexibility index (Phi) is 4.32. The number of nitrogens with one attached hydrogen (secondary N) is 1. The summed E-state index contributed by atoms with van der Waals surface area (Å²) in [6.07, 6.45) is -3.61. The number of alkyl halides is 3. The first-order valence-electron chi connectivity index (χ1n) is 5.37. The van der Waals surface area contributed by atoms with Crippen LogP contribution in [0.25, 0.3) is 10.9 Å². The molecule has 0 amide bonds. The Morgan fingerprint density at radius 2 is 2.05 bits per heavy atom. The Hall–Kier alpha value is -0.750. The van der Waals surface area contributed by atoms with E-state index in [2.05, 4.69) is 9.82 Å². The Balaban J connectivity index is 2.73. The lowest BCUT2D eigenvalue weighted by Crippen LogP contribution is -2.19. The van der Waals surface area contributed by atoms with Crippen LogP contribution in [-0.2, 0) is 16.6 Å². The van der Waals surface area contributed by atoms with Gasteiger partial charge in [0.15, 0.2) is 5.82 Å². The van der Waals surface area contributed by atoms with E-state index in [-0.39, 0.29) is 21.7 Å². The van der Waals surface area contributed by atoms with Crippen molar-refractivity contribution >= 4 is 60.9 Å². The van der Waals surface area contributed by atoms with Crippen molar-refractivity contribution < 1.29 is 21.6 Å². The average molecular weight is 454 g/mol. The highest BCUT2D eigenvalue weighted by Gasteiger charge is 2.31. The molecule has 0 atom stereocenters. The first kappa shape index (κ1) is 16.6. The summed E-state index contributed by atoms with van der Waals surface area (Å²) in [5.74, 6) is -0.222. The van der Waals surface area contributed by atoms with Crippen LogP contribution in [0.15, 0.2) is 12.1 Å². The molecule has 2 aromatic rings. The van der Waals surface area contributed by atoms with Gasteiger partial charge in [0.2, 0.25) is 10.0 Å². The SMILES string of the molecule is CS(=O)(=O)Nc1nn(CC(F)(F)F)c2c(I)ccc(Cl)c12. The van der Waals surface area contributed by atoms with Crippen molar-refractivity contribution in [2.45, 2.75) is 12.7 Å². The number of benzene rings is 1. The van der Waals surface area contributed by atoms with Crippen LogP contribution in [0.1, 0.15) is 0 Å². The molecule has 0 fully saturated rings. The second-order valence-corrected chi connectivity index (χ2v) is 7.57. The van der Waals surface area contributed by atoms with E-state index in [0.29, 0.717) is 8.25 Å². The zero-order valence-electron chi connectivity index (χ0n) is 10.4. The second-order valence-electron chi connectivity index (χ2n) is 4.25. The van der Waals surface area contributed by atoms with Gasteiger partial charge in [-0.1, -0.05) is 11.6 Å². The van der Waals surface area contributed by atoms with Crippen molar-refractivity contribution in [2.24, 2.45) is 0 Å². The third kappa shape index (κ3) is 3.92. The summed E-state index contributed by atoms with van der Waals surface area (Å²) in [6.45, 7) is -1.34. The molecule has 1 aromatic heterocycles. The molecule has 11 heteroatoms. The maximum absolute atomic E-state index is 12.6. The molecule has 0 spiro atoms. The van der Waals surface area contributed by atoms with Gasteiger partial charge in [0, 0.05) is 3.57 Å². The third-order valence-electron chi connectivity index (χ3n) is 2.40. The second kappa shape index (κ2) is 5.47. The van der Waals surface area contributed by atoms with Gasteiger partial charge < -0.3 is 0 Å². The fourth-order valence-electron chi connectivity index (χ4n) is 1.77. The molecule has 0 bridgehead atoms. The summed E-state index contributed by atoms with van der Waals surface area (Å²) in [5, 5.41) is 3.95. The number of nitrogens with zero attached hydrogens (tertiary/aromatic N) is 2. The molecule has 0 saturated carbocycles. The van der Waals surface area contributed by atoms with E-state index in [1.165, 1.54) is 12.1 Å². The van der Waals surface area contributed by atoms with Crippen molar-refractivity contribution in [3.8, 4) is 0 Å². The van der Waals surface area contributed by atoms with Gasteiger partial charge in [0.1, 0.15) is 6.54 Å². The minimum Gasteiger partial charge on any atom is -0.266 e. The van der Waals surface area contributed by atoms with Crippen molar-refractivity contribution in [3.05, 3.63) is 20.7 Å². The topological polar surface area (TPSA) is 64.0 Å². The highest BCUT2D eigenvalue weighted by molar-refractivity contribution is 14.1. The lowest BCUT2D eigenvalue weighted by molar-refractivity contribution is -0.141. The maximum atomic E-state index is 12.6. The van der Waals surface area contributed by atoms with E-state index >= 15 is 0 Å². The van der Waals surface area contributed by atoms with Gasteiger partial charge in [-0.3, -0.25) is 9.40 Å². The Labute approximate surface area is 136 Å². The van der Waals surface area contributed by atoms with Gasteiger partial charge in [-0.15, -0.1) is 0 Å². The zero-order chi connectivity index (χ0) is 16.0. The maximum Gasteiger partial charge on any atom is 0.408 e. The highest BCUT2D eigenvalue weighted by Crippen LogP contribution is 2.35. The van der Waals surface area contributed by atoms with Crippen molar-refractivity contribution in [3.63, 3.8) is 0 Å². The number of fused-ring (bicyclic) bond motifs is 1. The lowest BCUT2D eigenvalue weighted by atomic mass is 10.2. The van der Waals surface area contributed by atoms with Gasteiger partial charge in [0.25, 0.3) is 0 Å². The first-order valence-corrected chi connectivity index (χ1v) is 8.72. The largest absolute Gasteiger partial charge is 0.408 e. The van der Waals surface area contributed by atoms with Crippen molar-refractivity contribution in [1.82, 2.24) is 9.78 Å². The van der Waals surface area contributed by atoms with Crippen molar-refractivity contribution in [1.29, 1.82) is 0 Å². The predicted molar refractivity (Wildman–Crippen MR) is 82.0 cm³/mol. The molecule has 116 valence electrons. The number of aromatic nitrogens is 2. The fraction of sp³-hybridized carbons (Fsp3) is 0.300. The van der Waals surface area contributed by atoms with Crippen LogP contribution < -0.4 is 4.72 Å². The third-order valence-corrected chi connectivity index (χ3v) is 4.15. The molecule has 0 saturated heterocycles. The molecule has 0 aliphatic heterocycles. The zero-order valence-corrected chi connectivity index (χ0v) is 14.1. The van der Waals surface area contributed by atoms with Gasteiger partial charge in [-0.05, 0) is 34.7 Å². The summed E-state index contributed by atoms with van der Waals surface area (Å²) < 4.78 is 63.7. The van der Waals surface area contributed by atoms with Crippen LogP contribution >= 0.6 is 34.2 Å². The van der Waals surface area contributed by atoms with E-state index in [4.69, 9.17) is 11.6 Å². The number of halogens is 5. The van der Waals surface area contributed by atoms with Crippen LogP contribution in [0.4, 0.5) is 19.0 Å². The van der Waals surface area contributed by atoms with E-state index in [9.17, 15) is 21.6 Å². The highest BCUT2D eigenvalue weighted by atomic mass is 127. The summed E-state index contributed by atoms with van der Waals surface area (Å²) in [5.41, 5.74) is 0.131. The van der Waals surface area contributed by atoms with Crippen LogP contribution in [0.2, 0.25) is 5.02 Å². The Morgan fingerprint density at radius 1 is 1.43 bits per heavy atom. The van der Waals surface area contributed by atoms with Gasteiger partial charge >= 0.3 is 6.18 Å².